The summed E-state index contributed by atoms with van der Waals surface area (Å²) in [6.07, 6.45) is 1.70. The molecule has 0 aliphatic carbocycles. The third kappa shape index (κ3) is 4.73. The van der Waals surface area contributed by atoms with Crippen LogP contribution in [0, 0.1) is 5.92 Å². The Morgan fingerprint density at radius 3 is 2.68 bits per heavy atom. The summed E-state index contributed by atoms with van der Waals surface area (Å²) < 4.78 is 0. The van der Waals surface area contributed by atoms with Crippen molar-refractivity contribution < 1.29 is 9.59 Å². The number of nitrogens with one attached hydrogen (secondary N) is 4. The normalized spacial score (nSPS) is 21.0. The van der Waals surface area contributed by atoms with E-state index in [-0.39, 0.29) is 17.9 Å². The van der Waals surface area contributed by atoms with Gasteiger partial charge in [-0.3, -0.25) is 4.79 Å². The number of hydrogen-bond acceptors (Lipinski definition) is 3. The maximum absolute atomic E-state index is 12.3. The molecule has 3 amide bonds. The van der Waals surface area contributed by atoms with Crippen LogP contribution in [-0.2, 0) is 4.79 Å². The number of piperidine rings is 1. The van der Waals surface area contributed by atoms with Gasteiger partial charge in [0, 0.05) is 29.9 Å². The lowest BCUT2D eigenvalue weighted by atomic mass is 9.92. The molecule has 6 nitrogen and oxygen atoms in total. The number of benzene rings is 1. The Hall–Kier alpha value is -2.08. The van der Waals surface area contributed by atoms with Gasteiger partial charge in [0.2, 0.25) is 5.91 Å². The van der Waals surface area contributed by atoms with E-state index in [1.54, 1.807) is 12.1 Å². The molecule has 1 saturated heterocycles. The molecule has 2 rings (SSSR count). The first-order valence-corrected chi connectivity index (χ1v) is 7.77. The van der Waals surface area contributed by atoms with Gasteiger partial charge in [-0.15, -0.1) is 0 Å². The number of carbonyl (C=O) groups is 2. The molecular formula is C16H24N4O2. The molecule has 1 aromatic rings. The maximum Gasteiger partial charge on any atom is 0.319 e. The molecule has 0 aromatic heterocycles. The molecule has 0 saturated carbocycles. The molecular weight excluding hydrogens is 280 g/mol. The largest absolute Gasteiger partial charge is 0.338 e. The summed E-state index contributed by atoms with van der Waals surface area (Å²) in [6, 6.07) is 7.30. The van der Waals surface area contributed by atoms with Gasteiger partial charge in [-0.1, -0.05) is 6.07 Å². The van der Waals surface area contributed by atoms with E-state index in [0.717, 1.165) is 19.4 Å². The predicted octanol–water partition coefficient (Wildman–Crippen LogP) is 2.15. The molecule has 1 aliphatic rings. The third-order valence-corrected chi connectivity index (χ3v) is 3.72. The van der Waals surface area contributed by atoms with Crippen LogP contribution >= 0.6 is 0 Å². The molecule has 1 aromatic carbocycles. The Morgan fingerprint density at radius 1 is 1.27 bits per heavy atom. The van der Waals surface area contributed by atoms with Crippen LogP contribution in [0.1, 0.15) is 26.7 Å². The van der Waals surface area contributed by atoms with Gasteiger partial charge < -0.3 is 21.3 Å². The quantitative estimate of drug-likeness (QED) is 0.688. The number of anilines is 2. The van der Waals surface area contributed by atoms with Gasteiger partial charge in [0.15, 0.2) is 0 Å². The zero-order valence-corrected chi connectivity index (χ0v) is 13.1. The molecule has 120 valence electrons. The fraction of sp³-hybridized carbons (Fsp3) is 0.500. The van der Waals surface area contributed by atoms with Crippen molar-refractivity contribution in [2.24, 2.45) is 5.92 Å². The van der Waals surface area contributed by atoms with Crippen LogP contribution in [0.3, 0.4) is 0 Å². The number of amides is 3. The highest BCUT2D eigenvalue weighted by Crippen LogP contribution is 2.20. The van der Waals surface area contributed by atoms with Gasteiger partial charge in [0.1, 0.15) is 0 Å². The SMILES string of the molecule is CCNC(=O)Nc1cccc(NC(=O)[C@H]2CCN[C@@H](C)C2)c1. The average molecular weight is 304 g/mol. The Kier molecular flexibility index (Phi) is 5.77. The summed E-state index contributed by atoms with van der Waals surface area (Å²) >= 11 is 0. The lowest BCUT2D eigenvalue weighted by Gasteiger charge is -2.27. The van der Waals surface area contributed by atoms with Crippen LogP contribution in [-0.4, -0.2) is 31.1 Å². The second-order valence-corrected chi connectivity index (χ2v) is 5.63. The number of urea groups is 1. The lowest BCUT2D eigenvalue weighted by Crippen LogP contribution is -2.40. The van der Waals surface area contributed by atoms with E-state index in [0.29, 0.717) is 24.0 Å². The summed E-state index contributed by atoms with van der Waals surface area (Å²) in [5, 5.41) is 11.7. The molecule has 4 N–H and O–H groups in total. The summed E-state index contributed by atoms with van der Waals surface area (Å²) in [7, 11) is 0. The third-order valence-electron chi connectivity index (χ3n) is 3.72. The van der Waals surface area contributed by atoms with Crippen molar-refractivity contribution in [2.75, 3.05) is 23.7 Å². The molecule has 0 spiro atoms. The first-order valence-electron chi connectivity index (χ1n) is 7.77. The van der Waals surface area contributed by atoms with Crippen molar-refractivity contribution in [1.29, 1.82) is 0 Å². The Bertz CT molecular complexity index is 533. The molecule has 1 aliphatic heterocycles. The van der Waals surface area contributed by atoms with E-state index < -0.39 is 0 Å². The zero-order chi connectivity index (χ0) is 15.9. The summed E-state index contributed by atoms with van der Waals surface area (Å²) in [4.78, 5) is 23.8. The summed E-state index contributed by atoms with van der Waals surface area (Å²) in [5.74, 6) is 0.0831. The fourth-order valence-corrected chi connectivity index (χ4v) is 2.62. The molecule has 0 unspecified atom stereocenters. The highest BCUT2D eigenvalue weighted by Gasteiger charge is 2.24. The molecule has 2 atom stereocenters. The van der Waals surface area contributed by atoms with Crippen molar-refractivity contribution in [3.63, 3.8) is 0 Å². The molecule has 0 bridgehead atoms. The van der Waals surface area contributed by atoms with Crippen molar-refractivity contribution in [1.82, 2.24) is 10.6 Å². The molecule has 1 heterocycles. The second-order valence-electron chi connectivity index (χ2n) is 5.63. The van der Waals surface area contributed by atoms with Crippen LogP contribution in [0.25, 0.3) is 0 Å². The van der Waals surface area contributed by atoms with E-state index in [4.69, 9.17) is 0 Å². The molecule has 0 radical (unpaired) electrons. The van der Waals surface area contributed by atoms with Crippen LogP contribution < -0.4 is 21.3 Å². The van der Waals surface area contributed by atoms with Gasteiger partial charge in [0.05, 0.1) is 0 Å². The first-order chi connectivity index (χ1) is 10.6. The van der Waals surface area contributed by atoms with Crippen molar-refractivity contribution in [3.05, 3.63) is 24.3 Å². The van der Waals surface area contributed by atoms with Gasteiger partial charge in [-0.25, -0.2) is 4.79 Å². The van der Waals surface area contributed by atoms with E-state index >= 15 is 0 Å². The van der Waals surface area contributed by atoms with E-state index in [9.17, 15) is 9.59 Å². The number of carbonyl (C=O) groups excluding carboxylic acids is 2. The topological polar surface area (TPSA) is 82.3 Å². The number of hydrogen-bond donors (Lipinski definition) is 4. The molecule has 6 heteroatoms. The molecule has 1 fully saturated rings. The first kappa shape index (κ1) is 16.3. The van der Waals surface area contributed by atoms with E-state index in [1.807, 2.05) is 19.1 Å². The predicted molar refractivity (Wildman–Crippen MR) is 88.0 cm³/mol. The minimum Gasteiger partial charge on any atom is -0.338 e. The highest BCUT2D eigenvalue weighted by molar-refractivity contribution is 5.94. The maximum atomic E-state index is 12.3. The minimum atomic E-state index is -0.252. The van der Waals surface area contributed by atoms with Crippen LogP contribution in [0.15, 0.2) is 24.3 Å². The van der Waals surface area contributed by atoms with Crippen molar-refractivity contribution >= 4 is 23.3 Å². The highest BCUT2D eigenvalue weighted by atomic mass is 16.2. The van der Waals surface area contributed by atoms with Crippen LogP contribution in [0.5, 0.6) is 0 Å². The van der Waals surface area contributed by atoms with Crippen molar-refractivity contribution in [3.8, 4) is 0 Å². The fourth-order valence-electron chi connectivity index (χ4n) is 2.62. The van der Waals surface area contributed by atoms with Gasteiger partial charge in [-0.2, -0.15) is 0 Å². The Labute approximate surface area is 131 Å². The average Bonchev–Trinajstić information content (AvgIpc) is 2.47. The zero-order valence-electron chi connectivity index (χ0n) is 13.1. The molecule has 22 heavy (non-hydrogen) atoms. The smallest absolute Gasteiger partial charge is 0.319 e. The summed E-state index contributed by atoms with van der Waals surface area (Å²) in [6.45, 7) is 5.39. The van der Waals surface area contributed by atoms with E-state index in [2.05, 4.69) is 28.2 Å². The van der Waals surface area contributed by atoms with Crippen molar-refractivity contribution in [2.45, 2.75) is 32.7 Å². The Morgan fingerprint density at radius 2 is 2.00 bits per heavy atom. The standard InChI is InChI=1S/C16H24N4O2/c1-3-17-16(22)20-14-6-4-5-13(10-14)19-15(21)12-7-8-18-11(2)9-12/h4-6,10-12,18H,3,7-9H2,1-2H3,(H,19,21)(H2,17,20,22)/t11-,12-/m0/s1. The van der Waals surface area contributed by atoms with Crippen LogP contribution in [0.2, 0.25) is 0 Å². The monoisotopic (exact) mass is 304 g/mol. The Balaban J connectivity index is 1.94. The van der Waals surface area contributed by atoms with Gasteiger partial charge in [0.25, 0.3) is 0 Å². The van der Waals surface area contributed by atoms with Gasteiger partial charge in [-0.05, 0) is 51.4 Å². The minimum absolute atomic E-state index is 0.0382. The van der Waals surface area contributed by atoms with Crippen LogP contribution in [0.4, 0.5) is 16.2 Å². The number of rotatable bonds is 4. The second kappa shape index (κ2) is 7.79. The summed E-state index contributed by atoms with van der Waals surface area (Å²) in [5.41, 5.74) is 1.35. The lowest BCUT2D eigenvalue weighted by molar-refractivity contribution is -0.120. The van der Waals surface area contributed by atoms with E-state index in [1.165, 1.54) is 0 Å². The van der Waals surface area contributed by atoms with Gasteiger partial charge >= 0.3 is 6.03 Å².